The fourth-order valence-electron chi connectivity index (χ4n) is 9.74. The van der Waals surface area contributed by atoms with E-state index in [2.05, 4.69) is 55.4 Å². The van der Waals surface area contributed by atoms with Gasteiger partial charge >= 0.3 is 11.9 Å². The van der Waals surface area contributed by atoms with Crippen LogP contribution in [0.25, 0.3) is 5.57 Å². The van der Waals surface area contributed by atoms with Crippen molar-refractivity contribution in [1.82, 2.24) is 10.3 Å². The van der Waals surface area contributed by atoms with Crippen LogP contribution in [-0.2, 0) is 23.9 Å². The maximum Gasteiger partial charge on any atom is 0.329 e. The molecule has 2 fully saturated rings. The normalized spacial score (nSPS) is 29.8. The number of aromatic nitrogens is 1. The SMILES string of the molecule is CCCCCCCCC(NC(=O)CCC(=O)OC1CCC2(C)C(=CCC3C2CCC2(C)C(c4cccnc4)=CCC32)C1)C(=O)OC(C)(C)C. The van der Waals surface area contributed by atoms with Gasteiger partial charge in [-0.25, -0.2) is 4.79 Å². The third-order valence-corrected chi connectivity index (χ3v) is 12.3. The Labute approximate surface area is 295 Å². The molecule has 270 valence electrons. The maximum absolute atomic E-state index is 13.0. The molecule has 1 aromatic heterocycles. The zero-order chi connectivity index (χ0) is 35.2. The molecule has 49 heavy (non-hydrogen) atoms. The van der Waals surface area contributed by atoms with Gasteiger partial charge in [0.2, 0.25) is 5.91 Å². The Kier molecular flexibility index (Phi) is 12.1. The monoisotopic (exact) mass is 674 g/mol. The summed E-state index contributed by atoms with van der Waals surface area (Å²) >= 11 is 0. The largest absolute Gasteiger partial charge is 0.462 e. The lowest BCUT2D eigenvalue weighted by molar-refractivity contribution is -0.159. The summed E-state index contributed by atoms with van der Waals surface area (Å²) in [6.45, 7) is 12.6. The van der Waals surface area contributed by atoms with Gasteiger partial charge in [0.25, 0.3) is 0 Å². The van der Waals surface area contributed by atoms with Crippen molar-refractivity contribution < 1.29 is 23.9 Å². The van der Waals surface area contributed by atoms with Crippen molar-refractivity contribution in [2.45, 2.75) is 162 Å². The summed E-state index contributed by atoms with van der Waals surface area (Å²) in [5, 5.41) is 2.86. The summed E-state index contributed by atoms with van der Waals surface area (Å²) in [4.78, 5) is 43.2. The highest BCUT2D eigenvalue weighted by atomic mass is 16.6. The molecule has 1 heterocycles. The molecule has 2 saturated carbocycles. The van der Waals surface area contributed by atoms with Crippen molar-refractivity contribution in [1.29, 1.82) is 0 Å². The Morgan fingerprint density at radius 3 is 2.45 bits per heavy atom. The van der Waals surface area contributed by atoms with Crippen molar-refractivity contribution in [3.05, 3.63) is 47.8 Å². The number of unbranched alkanes of at least 4 members (excludes halogenated alkanes) is 5. The molecule has 1 aromatic rings. The molecular weight excluding hydrogens is 612 g/mol. The average Bonchev–Trinajstić information content (AvgIpc) is 3.42. The molecule has 0 radical (unpaired) electrons. The fourth-order valence-corrected chi connectivity index (χ4v) is 9.74. The number of ether oxygens (including phenoxy) is 2. The number of nitrogens with zero attached hydrogens (tertiary/aromatic N) is 1. The number of amides is 1. The number of carbonyl (C=O) groups is 3. The summed E-state index contributed by atoms with van der Waals surface area (Å²) in [6, 6.07) is 3.56. The number of fused-ring (bicyclic) bond motifs is 5. The zero-order valence-corrected chi connectivity index (χ0v) is 31.2. The second-order valence-electron chi connectivity index (χ2n) is 16.9. The topological polar surface area (TPSA) is 94.6 Å². The summed E-state index contributed by atoms with van der Waals surface area (Å²) < 4.78 is 11.6. The zero-order valence-electron chi connectivity index (χ0n) is 31.2. The Balaban J connectivity index is 1.11. The summed E-state index contributed by atoms with van der Waals surface area (Å²) in [7, 11) is 0. The van der Waals surface area contributed by atoms with Crippen LogP contribution >= 0.6 is 0 Å². The average molecular weight is 675 g/mol. The van der Waals surface area contributed by atoms with Crippen LogP contribution in [0.4, 0.5) is 0 Å². The van der Waals surface area contributed by atoms with Crippen LogP contribution < -0.4 is 5.32 Å². The molecule has 4 aliphatic rings. The smallest absolute Gasteiger partial charge is 0.329 e. The van der Waals surface area contributed by atoms with Crippen LogP contribution in [-0.4, -0.2) is 40.6 Å². The second kappa shape index (κ2) is 15.9. The van der Waals surface area contributed by atoms with Gasteiger partial charge in [0, 0.05) is 25.2 Å². The molecule has 0 aliphatic heterocycles. The van der Waals surface area contributed by atoms with Crippen LogP contribution in [0.3, 0.4) is 0 Å². The van der Waals surface area contributed by atoms with Crippen LogP contribution in [0, 0.1) is 28.6 Å². The van der Waals surface area contributed by atoms with Crippen molar-refractivity contribution in [3.63, 3.8) is 0 Å². The Hall–Kier alpha value is -2.96. The van der Waals surface area contributed by atoms with Gasteiger partial charge in [0.05, 0.1) is 6.42 Å². The van der Waals surface area contributed by atoms with Gasteiger partial charge in [0.1, 0.15) is 17.7 Å². The van der Waals surface area contributed by atoms with E-state index >= 15 is 0 Å². The number of pyridine rings is 1. The number of carbonyl (C=O) groups excluding carboxylic acids is 3. The van der Waals surface area contributed by atoms with Gasteiger partial charge in [-0.05, 0) is 112 Å². The summed E-state index contributed by atoms with van der Waals surface area (Å²) in [5.74, 6) is 0.914. The van der Waals surface area contributed by atoms with Crippen molar-refractivity contribution in [2.24, 2.45) is 28.6 Å². The molecule has 0 saturated heterocycles. The first-order chi connectivity index (χ1) is 23.3. The van der Waals surface area contributed by atoms with E-state index in [0.717, 1.165) is 51.4 Å². The predicted octanol–water partition coefficient (Wildman–Crippen LogP) is 9.31. The molecule has 7 nitrogen and oxygen atoms in total. The van der Waals surface area contributed by atoms with E-state index in [9.17, 15) is 14.4 Å². The quantitative estimate of drug-likeness (QED) is 0.120. The van der Waals surface area contributed by atoms with Gasteiger partial charge in [0.15, 0.2) is 0 Å². The Morgan fingerprint density at radius 1 is 0.959 bits per heavy atom. The first kappa shape index (κ1) is 37.3. The standard InChI is InChI=1S/C42H62N2O5/c1-7-8-9-10-11-12-15-36(39(47)49-40(2,3)4)44-37(45)20-21-38(46)48-31-22-24-41(5)30(27-31)16-17-32-34-19-18-33(29-14-13-26-43-28-29)42(34,6)25-23-35(32)41/h13-14,16,18,26,28,31-32,34-36H,7-12,15,17,19-25,27H2,1-6H3,(H,44,45). The lowest BCUT2D eigenvalue weighted by Crippen LogP contribution is -2.50. The minimum absolute atomic E-state index is 0.000735. The molecule has 4 aliphatic carbocycles. The van der Waals surface area contributed by atoms with E-state index in [0.29, 0.717) is 24.2 Å². The molecule has 0 spiro atoms. The van der Waals surface area contributed by atoms with Gasteiger partial charge < -0.3 is 14.8 Å². The predicted molar refractivity (Wildman–Crippen MR) is 194 cm³/mol. The summed E-state index contributed by atoms with van der Waals surface area (Å²) in [6.07, 6.45) is 23.2. The lowest BCUT2D eigenvalue weighted by atomic mass is 9.47. The molecular formula is C42H62N2O5. The Bertz CT molecular complexity index is 1380. The van der Waals surface area contributed by atoms with Crippen LogP contribution in [0.1, 0.15) is 150 Å². The van der Waals surface area contributed by atoms with Gasteiger partial charge in [-0.3, -0.25) is 14.6 Å². The van der Waals surface area contributed by atoms with E-state index in [1.165, 1.54) is 48.8 Å². The number of rotatable bonds is 14. The molecule has 0 bridgehead atoms. The Morgan fingerprint density at radius 2 is 1.71 bits per heavy atom. The van der Waals surface area contributed by atoms with Crippen molar-refractivity contribution in [3.8, 4) is 0 Å². The van der Waals surface area contributed by atoms with E-state index < -0.39 is 17.6 Å². The molecule has 7 unspecified atom stereocenters. The van der Waals surface area contributed by atoms with Gasteiger partial charge in [-0.1, -0.05) is 83.1 Å². The minimum Gasteiger partial charge on any atom is -0.462 e. The van der Waals surface area contributed by atoms with Gasteiger partial charge in [-0.15, -0.1) is 0 Å². The number of nitrogens with one attached hydrogen (secondary N) is 1. The molecule has 0 aromatic carbocycles. The van der Waals surface area contributed by atoms with E-state index in [1.54, 1.807) is 0 Å². The number of hydrogen-bond donors (Lipinski definition) is 1. The number of hydrogen-bond acceptors (Lipinski definition) is 6. The lowest BCUT2D eigenvalue weighted by Gasteiger charge is -2.57. The van der Waals surface area contributed by atoms with Crippen LogP contribution in [0.5, 0.6) is 0 Å². The maximum atomic E-state index is 13.0. The van der Waals surface area contributed by atoms with Gasteiger partial charge in [-0.2, -0.15) is 0 Å². The molecule has 7 heteroatoms. The highest BCUT2D eigenvalue weighted by Gasteiger charge is 2.57. The first-order valence-corrected chi connectivity index (χ1v) is 19.4. The minimum atomic E-state index is -0.702. The number of allylic oxidation sites excluding steroid dienone is 3. The highest BCUT2D eigenvalue weighted by Crippen LogP contribution is 2.66. The fraction of sp³-hybridized carbons (Fsp3) is 0.714. The second-order valence-corrected chi connectivity index (χ2v) is 16.9. The van der Waals surface area contributed by atoms with Crippen molar-refractivity contribution >= 4 is 23.4 Å². The van der Waals surface area contributed by atoms with E-state index in [1.807, 2.05) is 33.2 Å². The van der Waals surface area contributed by atoms with Crippen LogP contribution in [0.2, 0.25) is 0 Å². The highest BCUT2D eigenvalue weighted by molar-refractivity contribution is 5.86. The third kappa shape index (κ3) is 8.86. The van der Waals surface area contributed by atoms with Crippen molar-refractivity contribution in [2.75, 3.05) is 0 Å². The van der Waals surface area contributed by atoms with E-state index in [4.69, 9.17) is 9.47 Å². The molecule has 5 rings (SSSR count). The number of esters is 2. The first-order valence-electron chi connectivity index (χ1n) is 19.4. The molecule has 1 amide bonds. The third-order valence-electron chi connectivity index (χ3n) is 12.3. The van der Waals surface area contributed by atoms with Crippen LogP contribution in [0.15, 0.2) is 42.3 Å². The molecule has 7 atom stereocenters. The van der Waals surface area contributed by atoms with E-state index in [-0.39, 0.29) is 41.7 Å². The molecule has 1 N–H and O–H groups in total. The summed E-state index contributed by atoms with van der Waals surface area (Å²) in [5.41, 5.74) is 3.95.